The molecule has 0 bridgehead atoms. The van der Waals surface area contributed by atoms with Crippen LogP contribution in [0.4, 0.5) is 17.6 Å². The van der Waals surface area contributed by atoms with E-state index in [9.17, 15) is 26.0 Å². The highest BCUT2D eigenvalue weighted by atomic mass is 32.2. The summed E-state index contributed by atoms with van der Waals surface area (Å²) in [6.07, 6.45) is -4.69. The van der Waals surface area contributed by atoms with Crippen LogP contribution in [-0.2, 0) is 10.0 Å². The van der Waals surface area contributed by atoms with Gasteiger partial charge in [0.15, 0.2) is 0 Å². The Hall–Kier alpha value is -1.63. The van der Waals surface area contributed by atoms with E-state index in [2.05, 4.69) is 11.8 Å². The van der Waals surface area contributed by atoms with Crippen LogP contribution in [0.1, 0.15) is 5.56 Å². The Kier molecular flexibility index (Phi) is 5.33. The van der Waals surface area contributed by atoms with Crippen molar-refractivity contribution in [2.24, 2.45) is 5.73 Å². The smallest absolute Gasteiger partial charge is 0.320 e. The summed E-state index contributed by atoms with van der Waals surface area (Å²) in [4.78, 5) is -0.503. The van der Waals surface area contributed by atoms with Crippen molar-refractivity contribution in [2.45, 2.75) is 11.1 Å². The second kappa shape index (κ2) is 6.43. The minimum atomic E-state index is -4.69. The summed E-state index contributed by atoms with van der Waals surface area (Å²) in [5.41, 5.74) is 4.90. The van der Waals surface area contributed by atoms with Gasteiger partial charge in [-0.05, 0) is 18.2 Å². The van der Waals surface area contributed by atoms with Crippen molar-refractivity contribution < 1.29 is 26.0 Å². The molecule has 0 spiro atoms. The number of alkyl halides is 3. The number of hydrogen-bond acceptors (Lipinski definition) is 3. The van der Waals surface area contributed by atoms with Gasteiger partial charge in [-0.25, -0.2) is 12.8 Å². The topological polar surface area (TPSA) is 63.4 Å². The minimum absolute atomic E-state index is 0.103. The first kappa shape index (κ1) is 17.4. The maximum atomic E-state index is 13.1. The summed E-state index contributed by atoms with van der Waals surface area (Å²) in [5, 5.41) is 0. The van der Waals surface area contributed by atoms with E-state index in [1.54, 1.807) is 0 Å². The molecule has 0 atom stereocenters. The van der Waals surface area contributed by atoms with Crippen molar-refractivity contribution in [2.75, 3.05) is 20.1 Å². The van der Waals surface area contributed by atoms with E-state index in [1.165, 1.54) is 0 Å². The molecular weight excluding hydrogens is 312 g/mol. The van der Waals surface area contributed by atoms with Crippen LogP contribution in [0.3, 0.4) is 0 Å². The normalized spacial score (nSPS) is 12.1. The van der Waals surface area contributed by atoms with Crippen molar-refractivity contribution in [3.63, 3.8) is 0 Å². The van der Waals surface area contributed by atoms with Crippen LogP contribution < -0.4 is 5.73 Å². The van der Waals surface area contributed by atoms with E-state index in [0.717, 1.165) is 25.2 Å². The Morgan fingerprint density at radius 1 is 1.33 bits per heavy atom. The van der Waals surface area contributed by atoms with E-state index >= 15 is 0 Å². The highest BCUT2D eigenvalue weighted by Crippen LogP contribution is 2.23. The fourth-order valence-corrected chi connectivity index (χ4v) is 2.76. The monoisotopic (exact) mass is 324 g/mol. The highest BCUT2D eigenvalue weighted by molar-refractivity contribution is 7.89. The number of hydrogen-bond donors (Lipinski definition) is 1. The molecule has 116 valence electrons. The molecule has 1 aromatic rings. The first-order valence-electron chi connectivity index (χ1n) is 5.59. The fourth-order valence-electron chi connectivity index (χ4n) is 1.48. The number of rotatable bonds is 3. The Morgan fingerprint density at radius 3 is 2.48 bits per heavy atom. The number of benzene rings is 1. The zero-order chi connectivity index (χ0) is 16.3. The summed E-state index contributed by atoms with van der Waals surface area (Å²) in [7, 11) is -3.66. The van der Waals surface area contributed by atoms with Crippen LogP contribution in [0, 0.1) is 17.7 Å². The molecule has 4 nitrogen and oxygen atoms in total. The number of sulfonamides is 1. The molecule has 0 fully saturated rings. The molecule has 0 saturated carbocycles. The molecule has 0 aliphatic heterocycles. The van der Waals surface area contributed by atoms with Crippen LogP contribution in [-0.4, -0.2) is 39.0 Å². The lowest BCUT2D eigenvalue weighted by molar-refractivity contribution is -0.134. The molecule has 0 aliphatic rings. The maximum Gasteiger partial charge on any atom is 0.402 e. The number of nitrogens with two attached hydrogens (primary N) is 1. The van der Waals surface area contributed by atoms with Gasteiger partial charge >= 0.3 is 6.18 Å². The third-order valence-corrected chi connectivity index (χ3v) is 4.22. The summed E-state index contributed by atoms with van der Waals surface area (Å²) >= 11 is 0. The first-order valence-corrected chi connectivity index (χ1v) is 7.03. The van der Waals surface area contributed by atoms with Gasteiger partial charge in [-0.1, -0.05) is 11.8 Å². The standard InChI is InChI=1S/C12H12F4N2O2S/c1-18(8-12(14,15)16)21(19,20)11-5-4-10(13)7-9(11)3-2-6-17/h4-5,7H,6,8,17H2,1H3. The highest BCUT2D eigenvalue weighted by Gasteiger charge is 2.35. The molecule has 21 heavy (non-hydrogen) atoms. The first-order chi connectivity index (χ1) is 9.58. The third kappa shape index (κ3) is 4.70. The van der Waals surface area contributed by atoms with Crippen molar-refractivity contribution in [3.05, 3.63) is 29.6 Å². The van der Waals surface area contributed by atoms with Crippen molar-refractivity contribution >= 4 is 10.0 Å². The molecule has 1 aromatic carbocycles. The lowest BCUT2D eigenvalue weighted by Gasteiger charge is -2.19. The summed E-state index contributed by atoms with van der Waals surface area (Å²) in [5.74, 6) is 3.92. The van der Waals surface area contributed by atoms with Crippen molar-refractivity contribution in [1.29, 1.82) is 0 Å². The van der Waals surface area contributed by atoms with Gasteiger partial charge in [-0.15, -0.1) is 0 Å². The van der Waals surface area contributed by atoms with Gasteiger partial charge in [0.1, 0.15) is 12.4 Å². The van der Waals surface area contributed by atoms with Gasteiger partial charge in [0, 0.05) is 12.6 Å². The van der Waals surface area contributed by atoms with E-state index < -0.39 is 33.5 Å². The Balaban J connectivity index is 3.31. The van der Waals surface area contributed by atoms with Gasteiger partial charge in [-0.3, -0.25) is 0 Å². The van der Waals surface area contributed by atoms with Crippen LogP contribution >= 0.6 is 0 Å². The second-order valence-corrected chi connectivity index (χ2v) is 6.04. The van der Waals surface area contributed by atoms with Crippen LogP contribution in [0.2, 0.25) is 0 Å². The molecule has 0 aromatic heterocycles. The van der Waals surface area contributed by atoms with Gasteiger partial charge in [0.2, 0.25) is 10.0 Å². The zero-order valence-corrected chi connectivity index (χ0v) is 11.7. The van der Waals surface area contributed by atoms with Crippen molar-refractivity contribution in [3.8, 4) is 11.8 Å². The quantitative estimate of drug-likeness (QED) is 0.674. The molecule has 0 aliphatic carbocycles. The molecule has 0 amide bonds. The van der Waals surface area contributed by atoms with Gasteiger partial charge in [0.25, 0.3) is 0 Å². The summed E-state index contributed by atoms with van der Waals surface area (Å²) in [6.45, 7) is -1.76. The number of nitrogens with zero attached hydrogens (tertiary/aromatic N) is 1. The Labute approximate surface area is 119 Å². The predicted octanol–water partition coefficient (Wildman–Crippen LogP) is 1.32. The average molecular weight is 324 g/mol. The SMILES string of the molecule is CN(CC(F)(F)F)S(=O)(=O)c1ccc(F)cc1C#CCN. The van der Waals surface area contributed by atoms with Crippen molar-refractivity contribution in [1.82, 2.24) is 4.31 Å². The van der Waals surface area contributed by atoms with E-state index in [4.69, 9.17) is 5.73 Å². The van der Waals surface area contributed by atoms with Gasteiger partial charge in [0.05, 0.1) is 11.4 Å². The molecule has 0 radical (unpaired) electrons. The largest absolute Gasteiger partial charge is 0.402 e. The van der Waals surface area contributed by atoms with Gasteiger partial charge in [-0.2, -0.15) is 17.5 Å². The van der Waals surface area contributed by atoms with Crippen LogP contribution in [0.25, 0.3) is 0 Å². The van der Waals surface area contributed by atoms with E-state index in [0.29, 0.717) is 0 Å². The third-order valence-electron chi connectivity index (χ3n) is 2.36. The van der Waals surface area contributed by atoms with Crippen LogP contribution in [0.15, 0.2) is 23.1 Å². The number of halogens is 4. The average Bonchev–Trinajstić information content (AvgIpc) is 2.34. The predicted molar refractivity (Wildman–Crippen MR) is 68.2 cm³/mol. The van der Waals surface area contributed by atoms with E-state index in [1.807, 2.05) is 0 Å². The molecule has 2 N–H and O–H groups in total. The Morgan fingerprint density at radius 2 is 1.95 bits per heavy atom. The van der Waals surface area contributed by atoms with E-state index in [-0.39, 0.29) is 16.4 Å². The molecule has 0 heterocycles. The lowest BCUT2D eigenvalue weighted by Crippen LogP contribution is -2.36. The van der Waals surface area contributed by atoms with Gasteiger partial charge < -0.3 is 5.73 Å². The molecule has 0 saturated heterocycles. The summed E-state index contributed by atoms with van der Waals surface area (Å²) in [6, 6.07) is 2.54. The summed E-state index contributed by atoms with van der Waals surface area (Å²) < 4.78 is 74.4. The maximum absolute atomic E-state index is 13.1. The molecule has 0 unspecified atom stereocenters. The second-order valence-electron chi connectivity index (χ2n) is 4.02. The zero-order valence-electron chi connectivity index (χ0n) is 10.9. The Bertz CT molecular complexity index is 675. The molecule has 9 heteroatoms. The van der Waals surface area contributed by atoms with Crippen LogP contribution in [0.5, 0.6) is 0 Å². The fraction of sp³-hybridized carbons (Fsp3) is 0.333. The molecular formula is C12H12F4N2O2S. The molecule has 1 rings (SSSR count). The minimum Gasteiger partial charge on any atom is -0.320 e. The lowest BCUT2D eigenvalue weighted by atomic mass is 10.2.